The number of thiazole rings is 1. The Morgan fingerprint density at radius 1 is 1.33 bits per heavy atom. The zero-order valence-electron chi connectivity index (χ0n) is 18.1. The van der Waals surface area contributed by atoms with Crippen LogP contribution in [-0.4, -0.2) is 67.6 Å². The second kappa shape index (κ2) is 8.87. The maximum absolute atomic E-state index is 13.4. The molecule has 0 bridgehead atoms. The predicted molar refractivity (Wildman–Crippen MR) is 117 cm³/mol. The van der Waals surface area contributed by atoms with Crippen LogP contribution in [0.25, 0.3) is 4.96 Å². The van der Waals surface area contributed by atoms with Gasteiger partial charge in [-0.05, 0) is 33.4 Å². The fraction of sp³-hybridized carbons (Fsp3) is 0.571. The van der Waals surface area contributed by atoms with Gasteiger partial charge < -0.3 is 9.64 Å². The van der Waals surface area contributed by atoms with Crippen molar-refractivity contribution >= 4 is 22.2 Å². The number of imidazole rings is 1. The lowest BCUT2D eigenvalue weighted by Gasteiger charge is -2.35. The molecule has 2 atom stereocenters. The van der Waals surface area contributed by atoms with Crippen molar-refractivity contribution in [3.63, 3.8) is 0 Å². The van der Waals surface area contributed by atoms with Gasteiger partial charge in [0.15, 0.2) is 10.7 Å². The fourth-order valence-electron chi connectivity index (χ4n) is 4.13. The molecule has 162 valence electrons. The Bertz CT molecular complexity index is 998. The molecule has 1 N–H and O–H groups in total. The lowest BCUT2D eigenvalue weighted by molar-refractivity contribution is -0.0587. The molecule has 1 aliphatic rings. The molecule has 4 heterocycles. The molecule has 4 rings (SSSR count). The van der Waals surface area contributed by atoms with Crippen molar-refractivity contribution in [2.75, 3.05) is 20.1 Å². The molecule has 0 spiro atoms. The van der Waals surface area contributed by atoms with Gasteiger partial charge >= 0.3 is 0 Å². The van der Waals surface area contributed by atoms with Gasteiger partial charge in [0.2, 0.25) is 0 Å². The Balaban J connectivity index is 1.54. The highest BCUT2D eigenvalue weighted by molar-refractivity contribution is 7.15. The van der Waals surface area contributed by atoms with Crippen LogP contribution in [0.5, 0.6) is 0 Å². The first-order valence-corrected chi connectivity index (χ1v) is 11.4. The SMILES string of the molecule is CCCc1cc(CN(C)Cc2c(C(=O)N3C[C@@H](C)O[C@@H](C)C3)nc3sccn23)[nH]n1. The highest BCUT2D eigenvalue weighted by atomic mass is 32.1. The van der Waals surface area contributed by atoms with Crippen LogP contribution in [0.4, 0.5) is 0 Å². The summed E-state index contributed by atoms with van der Waals surface area (Å²) in [5.74, 6) is -0.0110. The van der Waals surface area contributed by atoms with Gasteiger partial charge in [-0.1, -0.05) is 13.3 Å². The average Bonchev–Trinajstić information content (AvgIpc) is 3.39. The molecule has 0 aromatic carbocycles. The number of aromatic nitrogens is 4. The maximum atomic E-state index is 13.4. The van der Waals surface area contributed by atoms with Gasteiger partial charge in [-0.25, -0.2) is 4.98 Å². The van der Waals surface area contributed by atoms with E-state index in [-0.39, 0.29) is 18.1 Å². The minimum atomic E-state index is -0.0110. The summed E-state index contributed by atoms with van der Waals surface area (Å²) in [6.07, 6.45) is 4.12. The van der Waals surface area contributed by atoms with Crippen molar-refractivity contribution in [3.05, 3.63) is 40.4 Å². The van der Waals surface area contributed by atoms with E-state index in [0.29, 0.717) is 25.3 Å². The third-order valence-electron chi connectivity index (χ3n) is 5.32. The average molecular weight is 431 g/mol. The van der Waals surface area contributed by atoms with Gasteiger partial charge in [0.1, 0.15) is 0 Å². The van der Waals surface area contributed by atoms with Crippen LogP contribution in [0.2, 0.25) is 0 Å². The molecular formula is C21H30N6O2S. The molecule has 9 heteroatoms. The van der Waals surface area contributed by atoms with E-state index < -0.39 is 0 Å². The first-order valence-electron chi connectivity index (χ1n) is 10.6. The quantitative estimate of drug-likeness (QED) is 0.623. The summed E-state index contributed by atoms with van der Waals surface area (Å²) in [6, 6.07) is 2.12. The highest BCUT2D eigenvalue weighted by Crippen LogP contribution is 2.22. The molecule has 3 aromatic rings. The third-order valence-corrected chi connectivity index (χ3v) is 6.08. The van der Waals surface area contributed by atoms with Crippen molar-refractivity contribution < 1.29 is 9.53 Å². The Morgan fingerprint density at radius 2 is 2.10 bits per heavy atom. The van der Waals surface area contributed by atoms with E-state index in [1.165, 1.54) is 0 Å². The summed E-state index contributed by atoms with van der Waals surface area (Å²) >= 11 is 1.55. The molecule has 0 unspecified atom stereocenters. The first-order chi connectivity index (χ1) is 14.4. The normalized spacial score (nSPS) is 19.8. The number of carbonyl (C=O) groups excluding carboxylic acids is 1. The summed E-state index contributed by atoms with van der Waals surface area (Å²) in [7, 11) is 2.05. The number of carbonyl (C=O) groups is 1. The van der Waals surface area contributed by atoms with Crippen LogP contribution in [0, 0.1) is 0 Å². The van der Waals surface area contributed by atoms with E-state index in [1.54, 1.807) is 11.3 Å². The molecular weight excluding hydrogens is 400 g/mol. The summed E-state index contributed by atoms with van der Waals surface area (Å²) in [5.41, 5.74) is 3.65. The maximum Gasteiger partial charge on any atom is 0.274 e. The summed E-state index contributed by atoms with van der Waals surface area (Å²) in [6.45, 7) is 8.71. The fourth-order valence-corrected chi connectivity index (χ4v) is 4.86. The second-order valence-corrected chi connectivity index (χ2v) is 9.11. The number of nitrogens with one attached hydrogen (secondary N) is 1. The number of fused-ring (bicyclic) bond motifs is 1. The number of H-pyrrole nitrogens is 1. The minimum absolute atomic E-state index is 0.0110. The van der Waals surface area contributed by atoms with Gasteiger partial charge in [-0.3, -0.25) is 19.2 Å². The largest absolute Gasteiger partial charge is 0.372 e. The van der Waals surface area contributed by atoms with Crippen LogP contribution in [-0.2, 0) is 24.2 Å². The molecule has 0 aliphatic carbocycles. The van der Waals surface area contributed by atoms with Gasteiger partial charge in [0, 0.05) is 43.4 Å². The number of aromatic amines is 1. The third kappa shape index (κ3) is 4.43. The number of amides is 1. The zero-order valence-corrected chi connectivity index (χ0v) is 18.9. The Labute approximate surface area is 180 Å². The van der Waals surface area contributed by atoms with Crippen LogP contribution in [0.3, 0.4) is 0 Å². The smallest absolute Gasteiger partial charge is 0.274 e. The molecule has 0 saturated carbocycles. The number of ether oxygens (including phenoxy) is 1. The van der Waals surface area contributed by atoms with Crippen molar-refractivity contribution in [2.24, 2.45) is 0 Å². The van der Waals surface area contributed by atoms with Gasteiger partial charge in [0.05, 0.1) is 23.6 Å². The standard InChI is InChI=1S/C21H30N6O2S/c1-5-6-16-9-17(24-23-16)12-25(4)13-18-19(22-21-27(18)7-8-30-21)20(28)26-10-14(2)29-15(3)11-26/h7-9,14-15H,5-6,10-13H2,1-4H3,(H,23,24)/t14-,15+. The predicted octanol–water partition coefficient (Wildman–Crippen LogP) is 2.95. The second-order valence-electron chi connectivity index (χ2n) is 8.24. The van der Waals surface area contributed by atoms with E-state index >= 15 is 0 Å². The molecule has 1 amide bonds. The topological polar surface area (TPSA) is 78.8 Å². The van der Waals surface area contributed by atoms with Crippen molar-refractivity contribution in [2.45, 2.75) is 58.9 Å². The first kappa shape index (κ1) is 21.0. The lowest BCUT2D eigenvalue weighted by atomic mass is 10.2. The molecule has 30 heavy (non-hydrogen) atoms. The lowest BCUT2D eigenvalue weighted by Crippen LogP contribution is -2.48. The highest BCUT2D eigenvalue weighted by Gasteiger charge is 2.30. The van der Waals surface area contributed by atoms with Crippen LogP contribution < -0.4 is 0 Å². The minimum Gasteiger partial charge on any atom is -0.372 e. The number of hydrogen-bond donors (Lipinski definition) is 1. The van der Waals surface area contributed by atoms with E-state index in [0.717, 1.165) is 41.4 Å². The van der Waals surface area contributed by atoms with Gasteiger partial charge in [-0.15, -0.1) is 11.3 Å². The Hall–Kier alpha value is -2.23. The molecule has 1 fully saturated rings. The van der Waals surface area contributed by atoms with Crippen LogP contribution >= 0.6 is 11.3 Å². The molecule has 1 saturated heterocycles. The van der Waals surface area contributed by atoms with E-state index in [1.807, 2.05) is 34.7 Å². The monoisotopic (exact) mass is 430 g/mol. The molecule has 8 nitrogen and oxygen atoms in total. The summed E-state index contributed by atoms with van der Waals surface area (Å²) < 4.78 is 7.83. The van der Waals surface area contributed by atoms with Crippen molar-refractivity contribution in [3.8, 4) is 0 Å². The number of morpholine rings is 1. The molecule has 0 radical (unpaired) electrons. The summed E-state index contributed by atoms with van der Waals surface area (Å²) in [4.78, 5) is 23.0. The van der Waals surface area contributed by atoms with Crippen molar-refractivity contribution in [1.82, 2.24) is 29.4 Å². The molecule has 3 aromatic heterocycles. The number of hydrogen-bond acceptors (Lipinski definition) is 6. The molecule has 1 aliphatic heterocycles. The van der Waals surface area contributed by atoms with E-state index in [9.17, 15) is 4.79 Å². The van der Waals surface area contributed by atoms with Crippen LogP contribution in [0.1, 0.15) is 54.8 Å². The number of nitrogens with zero attached hydrogens (tertiary/aromatic N) is 5. The van der Waals surface area contributed by atoms with Gasteiger partial charge in [0.25, 0.3) is 5.91 Å². The van der Waals surface area contributed by atoms with Gasteiger partial charge in [-0.2, -0.15) is 5.10 Å². The number of rotatable bonds is 7. The van der Waals surface area contributed by atoms with E-state index in [2.05, 4.69) is 40.1 Å². The Kier molecular flexibility index (Phi) is 6.21. The Morgan fingerprint density at radius 3 is 2.83 bits per heavy atom. The zero-order chi connectivity index (χ0) is 21.3. The number of aryl methyl sites for hydroxylation is 1. The van der Waals surface area contributed by atoms with Crippen molar-refractivity contribution in [1.29, 1.82) is 0 Å². The van der Waals surface area contributed by atoms with E-state index in [4.69, 9.17) is 4.74 Å². The van der Waals surface area contributed by atoms with Crippen LogP contribution in [0.15, 0.2) is 17.6 Å². The summed E-state index contributed by atoms with van der Waals surface area (Å²) in [5, 5.41) is 9.51.